The van der Waals surface area contributed by atoms with Crippen LogP contribution < -0.4 is 19.1 Å². The lowest BCUT2D eigenvalue weighted by Gasteiger charge is -2.21. The third-order valence-corrected chi connectivity index (χ3v) is 2.75. The number of ether oxygens (including phenoxy) is 3. The summed E-state index contributed by atoms with van der Waals surface area (Å²) in [7, 11) is 6.43. The van der Waals surface area contributed by atoms with E-state index < -0.39 is 5.97 Å². The predicted octanol–water partition coefficient (Wildman–Crippen LogP) is 1.62. The van der Waals surface area contributed by atoms with Crippen LogP contribution in [0.15, 0.2) is 12.1 Å². The fraction of sp³-hybridized carbons (Fsp3) is 0.462. The first kappa shape index (κ1) is 14.9. The van der Waals surface area contributed by atoms with Crippen molar-refractivity contribution in [2.24, 2.45) is 0 Å². The standard InChI is InChI=1S/C13H19NO5/c1-14(6-5-12(15)16)9-7-10(17-2)13(19-4)11(8-9)18-3/h7-8H,5-6H2,1-4H3,(H,15,16). The minimum absolute atomic E-state index is 0.0627. The van der Waals surface area contributed by atoms with Crippen LogP contribution in [-0.2, 0) is 4.79 Å². The van der Waals surface area contributed by atoms with Gasteiger partial charge in [0.1, 0.15) is 0 Å². The number of anilines is 1. The summed E-state index contributed by atoms with van der Waals surface area (Å²) in [6.45, 7) is 0.397. The van der Waals surface area contributed by atoms with Gasteiger partial charge in [0.2, 0.25) is 5.75 Å². The first-order chi connectivity index (χ1) is 9.03. The number of methoxy groups -OCH3 is 3. The molecule has 6 heteroatoms. The number of aliphatic carboxylic acids is 1. The van der Waals surface area contributed by atoms with E-state index in [2.05, 4.69) is 0 Å². The van der Waals surface area contributed by atoms with Gasteiger partial charge >= 0.3 is 5.97 Å². The van der Waals surface area contributed by atoms with Crippen LogP contribution in [0.25, 0.3) is 0 Å². The van der Waals surface area contributed by atoms with Crippen molar-refractivity contribution in [3.05, 3.63) is 12.1 Å². The zero-order chi connectivity index (χ0) is 14.4. The van der Waals surface area contributed by atoms with Crippen molar-refractivity contribution >= 4 is 11.7 Å². The molecule has 6 nitrogen and oxygen atoms in total. The highest BCUT2D eigenvalue weighted by molar-refractivity contribution is 5.68. The minimum atomic E-state index is -0.834. The molecule has 19 heavy (non-hydrogen) atoms. The van der Waals surface area contributed by atoms with Crippen molar-refractivity contribution in [2.45, 2.75) is 6.42 Å². The van der Waals surface area contributed by atoms with Crippen LogP contribution in [0.2, 0.25) is 0 Å². The second kappa shape index (κ2) is 6.72. The van der Waals surface area contributed by atoms with E-state index in [4.69, 9.17) is 19.3 Å². The second-order valence-electron chi connectivity index (χ2n) is 3.95. The van der Waals surface area contributed by atoms with Crippen LogP contribution >= 0.6 is 0 Å². The van der Waals surface area contributed by atoms with Gasteiger partial charge in [0.25, 0.3) is 0 Å². The Kier molecular flexibility index (Phi) is 5.29. The summed E-state index contributed by atoms with van der Waals surface area (Å²) in [6.07, 6.45) is 0.0627. The van der Waals surface area contributed by atoms with E-state index in [1.165, 1.54) is 7.11 Å². The molecule has 0 unspecified atom stereocenters. The number of carboxylic acid groups (broad SMARTS) is 1. The van der Waals surface area contributed by atoms with Crippen molar-refractivity contribution in [3.8, 4) is 17.2 Å². The van der Waals surface area contributed by atoms with Crippen LogP contribution in [0.4, 0.5) is 5.69 Å². The van der Waals surface area contributed by atoms with E-state index in [9.17, 15) is 4.79 Å². The van der Waals surface area contributed by atoms with E-state index >= 15 is 0 Å². The van der Waals surface area contributed by atoms with Gasteiger partial charge < -0.3 is 24.2 Å². The van der Waals surface area contributed by atoms with Gasteiger partial charge in [-0.05, 0) is 0 Å². The van der Waals surface area contributed by atoms with E-state index in [0.717, 1.165) is 5.69 Å². The molecule has 1 aromatic rings. The molecule has 0 spiro atoms. The summed E-state index contributed by atoms with van der Waals surface area (Å²) in [6, 6.07) is 3.56. The lowest BCUT2D eigenvalue weighted by molar-refractivity contribution is -0.136. The Morgan fingerprint density at radius 1 is 1.16 bits per heavy atom. The normalized spacial score (nSPS) is 9.89. The quantitative estimate of drug-likeness (QED) is 0.811. The summed E-state index contributed by atoms with van der Waals surface area (Å²) in [5.74, 6) is 0.762. The van der Waals surface area contributed by atoms with Gasteiger partial charge in [-0.15, -0.1) is 0 Å². The van der Waals surface area contributed by atoms with Crippen LogP contribution in [0.1, 0.15) is 6.42 Å². The molecular formula is C13H19NO5. The number of carboxylic acids is 1. The molecule has 1 N–H and O–H groups in total. The minimum Gasteiger partial charge on any atom is -0.493 e. The van der Waals surface area contributed by atoms with Gasteiger partial charge in [0, 0.05) is 31.4 Å². The number of nitrogens with zero attached hydrogens (tertiary/aromatic N) is 1. The summed E-state index contributed by atoms with van der Waals surface area (Å²) in [5.41, 5.74) is 0.802. The Morgan fingerprint density at radius 3 is 2.05 bits per heavy atom. The Morgan fingerprint density at radius 2 is 1.68 bits per heavy atom. The highest BCUT2D eigenvalue weighted by atomic mass is 16.5. The topological polar surface area (TPSA) is 68.2 Å². The van der Waals surface area contributed by atoms with Gasteiger partial charge in [0.05, 0.1) is 27.8 Å². The molecule has 0 amide bonds. The molecule has 0 saturated carbocycles. The van der Waals surface area contributed by atoms with Crippen molar-refractivity contribution in [1.82, 2.24) is 0 Å². The first-order valence-corrected chi connectivity index (χ1v) is 5.76. The third kappa shape index (κ3) is 3.67. The molecule has 1 rings (SSSR count). The molecule has 106 valence electrons. The molecule has 0 fully saturated rings. The molecule has 0 heterocycles. The van der Waals surface area contributed by atoms with Crippen molar-refractivity contribution in [1.29, 1.82) is 0 Å². The zero-order valence-electron chi connectivity index (χ0n) is 11.6. The molecule has 0 aliphatic heterocycles. The maximum atomic E-state index is 10.6. The number of rotatable bonds is 7. The molecule has 0 aliphatic carbocycles. The summed E-state index contributed by atoms with van der Waals surface area (Å²) in [5, 5.41) is 8.70. The van der Waals surface area contributed by atoms with Crippen molar-refractivity contribution in [3.63, 3.8) is 0 Å². The SMILES string of the molecule is COc1cc(N(C)CCC(=O)O)cc(OC)c1OC. The smallest absolute Gasteiger partial charge is 0.305 e. The Labute approximate surface area is 112 Å². The summed E-state index contributed by atoms with van der Waals surface area (Å²) < 4.78 is 15.7. The Balaban J connectivity index is 3.04. The predicted molar refractivity (Wildman–Crippen MR) is 71.6 cm³/mol. The summed E-state index contributed by atoms with van der Waals surface area (Å²) in [4.78, 5) is 12.4. The van der Waals surface area contributed by atoms with Gasteiger partial charge in [-0.2, -0.15) is 0 Å². The van der Waals surface area contributed by atoms with Gasteiger partial charge in [-0.1, -0.05) is 0 Å². The van der Waals surface area contributed by atoms with Crippen LogP contribution in [0.3, 0.4) is 0 Å². The molecule has 0 saturated heterocycles. The average Bonchev–Trinajstić information content (AvgIpc) is 2.42. The van der Waals surface area contributed by atoms with E-state index in [1.54, 1.807) is 26.4 Å². The van der Waals surface area contributed by atoms with Gasteiger partial charge in [0.15, 0.2) is 11.5 Å². The second-order valence-corrected chi connectivity index (χ2v) is 3.95. The maximum absolute atomic E-state index is 10.6. The van der Waals surface area contributed by atoms with E-state index in [1.807, 2.05) is 11.9 Å². The number of hydrogen-bond donors (Lipinski definition) is 1. The third-order valence-electron chi connectivity index (χ3n) is 2.75. The molecular weight excluding hydrogens is 250 g/mol. The number of benzene rings is 1. The number of carbonyl (C=O) groups is 1. The molecule has 0 radical (unpaired) electrons. The van der Waals surface area contributed by atoms with Crippen molar-refractivity contribution in [2.75, 3.05) is 39.8 Å². The Bertz CT molecular complexity index is 422. The average molecular weight is 269 g/mol. The fourth-order valence-electron chi connectivity index (χ4n) is 1.68. The van der Waals surface area contributed by atoms with Gasteiger partial charge in [-0.25, -0.2) is 0 Å². The molecule has 0 aromatic heterocycles. The largest absolute Gasteiger partial charge is 0.493 e. The van der Waals surface area contributed by atoms with E-state index in [-0.39, 0.29) is 6.42 Å². The monoisotopic (exact) mass is 269 g/mol. The maximum Gasteiger partial charge on any atom is 0.305 e. The van der Waals surface area contributed by atoms with Gasteiger partial charge in [-0.3, -0.25) is 4.79 Å². The highest BCUT2D eigenvalue weighted by Crippen LogP contribution is 2.40. The van der Waals surface area contributed by atoms with Crippen LogP contribution in [0.5, 0.6) is 17.2 Å². The van der Waals surface area contributed by atoms with Crippen molar-refractivity contribution < 1.29 is 24.1 Å². The lowest BCUT2D eigenvalue weighted by Crippen LogP contribution is -2.21. The van der Waals surface area contributed by atoms with E-state index in [0.29, 0.717) is 23.8 Å². The molecule has 0 bridgehead atoms. The molecule has 0 aliphatic rings. The first-order valence-electron chi connectivity index (χ1n) is 5.76. The Hall–Kier alpha value is -2.11. The highest BCUT2D eigenvalue weighted by Gasteiger charge is 2.15. The fourth-order valence-corrected chi connectivity index (χ4v) is 1.68. The number of hydrogen-bond acceptors (Lipinski definition) is 5. The van der Waals surface area contributed by atoms with Crippen LogP contribution in [0, 0.1) is 0 Å². The molecule has 1 aromatic carbocycles. The zero-order valence-corrected chi connectivity index (χ0v) is 11.6. The summed E-state index contributed by atoms with van der Waals surface area (Å²) >= 11 is 0. The van der Waals surface area contributed by atoms with Crippen LogP contribution in [-0.4, -0.2) is 46.0 Å². The molecule has 0 atom stereocenters. The lowest BCUT2D eigenvalue weighted by atomic mass is 10.2.